The van der Waals surface area contributed by atoms with Crippen LogP contribution in [0.3, 0.4) is 0 Å². The van der Waals surface area contributed by atoms with Gasteiger partial charge in [0.05, 0.1) is 10.7 Å². The van der Waals surface area contributed by atoms with Gasteiger partial charge in [-0.2, -0.15) is 0 Å². The summed E-state index contributed by atoms with van der Waals surface area (Å²) in [5.74, 6) is 0.836. The zero-order valence-corrected chi connectivity index (χ0v) is 11.3. The van der Waals surface area contributed by atoms with E-state index in [0.717, 1.165) is 29.9 Å². The molecule has 5 heteroatoms. The molecule has 1 aromatic heterocycles. The molecule has 0 radical (unpaired) electrons. The summed E-state index contributed by atoms with van der Waals surface area (Å²) >= 11 is 12.3. The van der Waals surface area contributed by atoms with Gasteiger partial charge in [0.25, 0.3) is 0 Å². The SMILES string of the molecule is CCCc1nnc(Cl)n1-c1ccc(C)cc1Cl. The molecule has 0 fully saturated rings. The summed E-state index contributed by atoms with van der Waals surface area (Å²) in [6.45, 7) is 4.08. The molecule has 0 unspecified atom stereocenters. The Morgan fingerprint density at radius 3 is 2.65 bits per heavy atom. The Morgan fingerprint density at radius 2 is 2.00 bits per heavy atom. The predicted molar refractivity (Wildman–Crippen MR) is 70.1 cm³/mol. The van der Waals surface area contributed by atoms with Crippen molar-refractivity contribution in [2.75, 3.05) is 0 Å². The highest BCUT2D eigenvalue weighted by atomic mass is 35.5. The lowest BCUT2D eigenvalue weighted by Crippen LogP contribution is -2.02. The molecule has 0 amide bonds. The number of aromatic nitrogens is 3. The standard InChI is InChI=1S/C12H13Cl2N3/c1-3-4-11-15-16-12(14)17(11)10-6-5-8(2)7-9(10)13/h5-7H,3-4H2,1-2H3. The Morgan fingerprint density at radius 1 is 1.24 bits per heavy atom. The van der Waals surface area contributed by atoms with Crippen LogP contribution < -0.4 is 0 Å². The van der Waals surface area contributed by atoms with Crippen LogP contribution in [-0.2, 0) is 6.42 Å². The highest BCUT2D eigenvalue weighted by molar-refractivity contribution is 6.33. The summed E-state index contributed by atoms with van der Waals surface area (Å²) in [5, 5.41) is 8.97. The van der Waals surface area contributed by atoms with Crippen molar-refractivity contribution in [3.63, 3.8) is 0 Å². The zero-order chi connectivity index (χ0) is 12.4. The van der Waals surface area contributed by atoms with Crippen molar-refractivity contribution >= 4 is 23.2 Å². The van der Waals surface area contributed by atoms with Gasteiger partial charge in [-0.05, 0) is 42.6 Å². The van der Waals surface area contributed by atoms with Crippen LogP contribution in [0.4, 0.5) is 0 Å². The molecule has 0 aliphatic carbocycles. The monoisotopic (exact) mass is 269 g/mol. The third-order valence-electron chi connectivity index (χ3n) is 2.51. The van der Waals surface area contributed by atoms with Gasteiger partial charge >= 0.3 is 0 Å². The molecule has 0 N–H and O–H groups in total. The van der Waals surface area contributed by atoms with Gasteiger partial charge in [-0.3, -0.25) is 4.57 Å². The molecule has 1 aromatic carbocycles. The molecule has 17 heavy (non-hydrogen) atoms. The fourth-order valence-electron chi connectivity index (χ4n) is 1.71. The largest absolute Gasteiger partial charge is 0.268 e. The van der Waals surface area contributed by atoms with Crippen LogP contribution in [-0.4, -0.2) is 14.8 Å². The number of rotatable bonds is 3. The maximum Gasteiger partial charge on any atom is 0.229 e. The first-order chi connectivity index (χ1) is 8.13. The molecule has 0 saturated carbocycles. The van der Waals surface area contributed by atoms with E-state index in [9.17, 15) is 0 Å². The Hall–Kier alpha value is -1.06. The van der Waals surface area contributed by atoms with Gasteiger partial charge in [-0.15, -0.1) is 10.2 Å². The van der Waals surface area contributed by atoms with E-state index in [1.807, 2.05) is 25.1 Å². The van der Waals surface area contributed by atoms with E-state index in [1.165, 1.54) is 0 Å². The molecule has 0 aliphatic rings. The fourth-order valence-corrected chi connectivity index (χ4v) is 2.26. The van der Waals surface area contributed by atoms with Crippen LogP contribution in [0.1, 0.15) is 24.7 Å². The number of hydrogen-bond acceptors (Lipinski definition) is 2. The van der Waals surface area contributed by atoms with E-state index in [-0.39, 0.29) is 0 Å². The number of hydrogen-bond donors (Lipinski definition) is 0. The average Bonchev–Trinajstić information content (AvgIpc) is 2.62. The van der Waals surface area contributed by atoms with Crippen molar-refractivity contribution in [2.45, 2.75) is 26.7 Å². The van der Waals surface area contributed by atoms with E-state index in [2.05, 4.69) is 17.1 Å². The minimum Gasteiger partial charge on any atom is -0.268 e. The quantitative estimate of drug-likeness (QED) is 0.848. The van der Waals surface area contributed by atoms with Crippen molar-refractivity contribution in [2.24, 2.45) is 0 Å². The molecule has 0 aliphatic heterocycles. The number of nitrogens with zero attached hydrogens (tertiary/aromatic N) is 3. The lowest BCUT2D eigenvalue weighted by Gasteiger charge is -2.09. The van der Waals surface area contributed by atoms with E-state index < -0.39 is 0 Å². The fraction of sp³-hybridized carbons (Fsp3) is 0.333. The molecule has 2 rings (SSSR count). The van der Waals surface area contributed by atoms with Crippen LogP contribution >= 0.6 is 23.2 Å². The van der Waals surface area contributed by atoms with Crippen molar-refractivity contribution in [3.05, 3.63) is 39.9 Å². The maximum atomic E-state index is 6.23. The Balaban J connectivity index is 2.55. The van der Waals surface area contributed by atoms with Crippen LogP contribution in [0.25, 0.3) is 5.69 Å². The minimum absolute atomic E-state index is 0.346. The van der Waals surface area contributed by atoms with Crippen molar-refractivity contribution < 1.29 is 0 Å². The van der Waals surface area contributed by atoms with E-state index >= 15 is 0 Å². The van der Waals surface area contributed by atoms with Gasteiger partial charge in [0.1, 0.15) is 5.82 Å². The number of benzene rings is 1. The van der Waals surface area contributed by atoms with Crippen molar-refractivity contribution in [1.29, 1.82) is 0 Å². The van der Waals surface area contributed by atoms with E-state index in [4.69, 9.17) is 23.2 Å². The molecule has 90 valence electrons. The van der Waals surface area contributed by atoms with Gasteiger partial charge in [0.15, 0.2) is 0 Å². The number of aryl methyl sites for hydroxylation is 2. The van der Waals surface area contributed by atoms with Crippen molar-refractivity contribution in [3.8, 4) is 5.69 Å². The second kappa shape index (κ2) is 5.07. The molecule has 1 heterocycles. The minimum atomic E-state index is 0.346. The van der Waals surface area contributed by atoms with Crippen LogP contribution in [0.5, 0.6) is 0 Å². The predicted octanol–water partition coefficient (Wildman–Crippen LogP) is 3.84. The average molecular weight is 270 g/mol. The molecular formula is C12H13Cl2N3. The molecule has 0 bridgehead atoms. The lowest BCUT2D eigenvalue weighted by molar-refractivity contribution is 0.803. The van der Waals surface area contributed by atoms with Gasteiger partial charge in [0.2, 0.25) is 5.28 Å². The summed E-state index contributed by atoms with van der Waals surface area (Å²) < 4.78 is 1.80. The molecule has 0 saturated heterocycles. The first-order valence-corrected chi connectivity index (χ1v) is 6.25. The first-order valence-electron chi connectivity index (χ1n) is 5.49. The summed E-state index contributed by atoms with van der Waals surface area (Å²) in [6.07, 6.45) is 1.81. The molecule has 0 spiro atoms. The third-order valence-corrected chi connectivity index (χ3v) is 3.06. The topological polar surface area (TPSA) is 30.7 Å². The van der Waals surface area contributed by atoms with Gasteiger partial charge in [0, 0.05) is 6.42 Å². The molecule has 3 nitrogen and oxygen atoms in total. The van der Waals surface area contributed by atoms with Crippen molar-refractivity contribution in [1.82, 2.24) is 14.8 Å². The normalized spacial score (nSPS) is 10.8. The van der Waals surface area contributed by atoms with Gasteiger partial charge < -0.3 is 0 Å². The number of halogens is 2. The lowest BCUT2D eigenvalue weighted by atomic mass is 10.2. The third kappa shape index (κ3) is 2.45. The van der Waals surface area contributed by atoms with Crippen LogP contribution in [0.15, 0.2) is 18.2 Å². The highest BCUT2D eigenvalue weighted by Gasteiger charge is 2.13. The summed E-state index contributed by atoms with van der Waals surface area (Å²) in [6, 6.07) is 5.84. The summed E-state index contributed by atoms with van der Waals surface area (Å²) in [7, 11) is 0. The second-order valence-electron chi connectivity index (χ2n) is 3.93. The maximum absolute atomic E-state index is 6.23. The summed E-state index contributed by atoms with van der Waals surface area (Å²) in [4.78, 5) is 0. The zero-order valence-electron chi connectivity index (χ0n) is 9.74. The second-order valence-corrected chi connectivity index (χ2v) is 4.67. The van der Waals surface area contributed by atoms with Crippen LogP contribution in [0, 0.1) is 6.92 Å². The smallest absolute Gasteiger partial charge is 0.229 e. The molecule has 0 atom stereocenters. The van der Waals surface area contributed by atoms with Crippen LogP contribution in [0.2, 0.25) is 10.3 Å². The molecule has 2 aromatic rings. The Bertz CT molecular complexity index is 535. The highest BCUT2D eigenvalue weighted by Crippen LogP contribution is 2.26. The van der Waals surface area contributed by atoms with Gasteiger partial charge in [-0.1, -0.05) is 24.6 Å². The summed E-state index contributed by atoms with van der Waals surface area (Å²) in [5.41, 5.74) is 1.94. The van der Waals surface area contributed by atoms with E-state index in [1.54, 1.807) is 4.57 Å². The van der Waals surface area contributed by atoms with Gasteiger partial charge in [-0.25, -0.2) is 0 Å². The first kappa shape index (κ1) is 12.4. The Labute approximate surface area is 110 Å². The Kier molecular flexibility index (Phi) is 3.69. The van der Waals surface area contributed by atoms with E-state index in [0.29, 0.717) is 10.3 Å². The molecular weight excluding hydrogens is 257 g/mol.